The van der Waals surface area contributed by atoms with Gasteiger partial charge in [-0.2, -0.15) is 0 Å². The van der Waals surface area contributed by atoms with Gasteiger partial charge in [0.25, 0.3) is 0 Å². The van der Waals surface area contributed by atoms with E-state index in [2.05, 4.69) is 0 Å². The zero-order valence-electron chi connectivity index (χ0n) is 9.03. The van der Waals surface area contributed by atoms with Gasteiger partial charge in [0.15, 0.2) is 0 Å². The van der Waals surface area contributed by atoms with Gasteiger partial charge in [-0.05, 0) is 26.7 Å². The van der Waals surface area contributed by atoms with Crippen LogP contribution in [-0.2, 0) is 9.53 Å². The fourth-order valence-corrected chi connectivity index (χ4v) is 1.81. The Morgan fingerprint density at radius 3 is 3.00 bits per heavy atom. The van der Waals surface area contributed by atoms with Crippen LogP contribution in [0.15, 0.2) is 0 Å². The van der Waals surface area contributed by atoms with Gasteiger partial charge in [0, 0.05) is 13.2 Å². The van der Waals surface area contributed by atoms with Gasteiger partial charge >= 0.3 is 0 Å². The SMILES string of the molecule is CCOC[C@H]1CCCN1C(=O)[C@H](C)N. The molecule has 0 bridgehead atoms. The molecule has 0 aromatic heterocycles. The van der Waals surface area contributed by atoms with Crippen LogP contribution in [0.3, 0.4) is 0 Å². The number of rotatable bonds is 4. The highest BCUT2D eigenvalue weighted by molar-refractivity contribution is 5.81. The summed E-state index contributed by atoms with van der Waals surface area (Å²) in [6.45, 7) is 5.88. The Bertz CT molecular complexity index is 195. The van der Waals surface area contributed by atoms with Gasteiger partial charge in [-0.15, -0.1) is 0 Å². The molecule has 2 N–H and O–H groups in total. The molecule has 2 atom stereocenters. The molecule has 82 valence electrons. The van der Waals surface area contributed by atoms with Crippen molar-refractivity contribution in [2.45, 2.75) is 38.8 Å². The Morgan fingerprint density at radius 1 is 1.71 bits per heavy atom. The van der Waals surface area contributed by atoms with E-state index in [9.17, 15) is 4.79 Å². The minimum Gasteiger partial charge on any atom is -0.380 e. The molecule has 1 heterocycles. The van der Waals surface area contributed by atoms with Crippen molar-refractivity contribution in [3.8, 4) is 0 Å². The number of carbonyl (C=O) groups is 1. The Morgan fingerprint density at radius 2 is 2.43 bits per heavy atom. The minimum absolute atomic E-state index is 0.0483. The van der Waals surface area contributed by atoms with Crippen LogP contribution < -0.4 is 5.73 Å². The second kappa shape index (κ2) is 5.32. The second-order valence-corrected chi connectivity index (χ2v) is 3.78. The lowest BCUT2D eigenvalue weighted by Gasteiger charge is -2.25. The molecule has 1 aliphatic rings. The van der Waals surface area contributed by atoms with Crippen molar-refractivity contribution in [2.24, 2.45) is 5.73 Å². The lowest BCUT2D eigenvalue weighted by Crippen LogP contribution is -2.46. The predicted molar refractivity (Wildman–Crippen MR) is 54.9 cm³/mol. The first-order valence-electron chi connectivity index (χ1n) is 5.30. The van der Waals surface area contributed by atoms with Crippen LogP contribution in [0.4, 0.5) is 0 Å². The fraction of sp³-hybridized carbons (Fsp3) is 0.900. The molecule has 4 heteroatoms. The number of hydrogen-bond acceptors (Lipinski definition) is 3. The van der Waals surface area contributed by atoms with E-state index in [4.69, 9.17) is 10.5 Å². The summed E-state index contributed by atoms with van der Waals surface area (Å²) in [6, 6.07) is -0.148. The van der Waals surface area contributed by atoms with Crippen molar-refractivity contribution in [2.75, 3.05) is 19.8 Å². The van der Waals surface area contributed by atoms with E-state index >= 15 is 0 Å². The molecule has 0 radical (unpaired) electrons. The van der Waals surface area contributed by atoms with Crippen LogP contribution in [0.25, 0.3) is 0 Å². The van der Waals surface area contributed by atoms with Crippen LogP contribution in [0.5, 0.6) is 0 Å². The first-order valence-corrected chi connectivity index (χ1v) is 5.30. The lowest BCUT2D eigenvalue weighted by atomic mass is 10.2. The quantitative estimate of drug-likeness (QED) is 0.713. The molecule has 1 amide bonds. The Balaban J connectivity index is 2.46. The van der Waals surface area contributed by atoms with Gasteiger partial charge in [0.2, 0.25) is 5.91 Å². The summed E-state index contributed by atoms with van der Waals surface area (Å²) in [7, 11) is 0. The average Bonchev–Trinajstić information content (AvgIpc) is 2.61. The zero-order chi connectivity index (χ0) is 10.6. The van der Waals surface area contributed by atoms with Crippen molar-refractivity contribution in [3.05, 3.63) is 0 Å². The van der Waals surface area contributed by atoms with E-state index < -0.39 is 6.04 Å². The van der Waals surface area contributed by atoms with Crippen LogP contribution in [0.1, 0.15) is 26.7 Å². The molecule has 1 rings (SSSR count). The van der Waals surface area contributed by atoms with E-state index in [1.807, 2.05) is 11.8 Å². The summed E-state index contributed by atoms with van der Waals surface area (Å²) in [5.41, 5.74) is 5.57. The summed E-state index contributed by atoms with van der Waals surface area (Å²) >= 11 is 0. The highest BCUT2D eigenvalue weighted by atomic mass is 16.5. The zero-order valence-corrected chi connectivity index (χ0v) is 9.03. The number of likely N-dealkylation sites (tertiary alicyclic amines) is 1. The van der Waals surface area contributed by atoms with Gasteiger partial charge < -0.3 is 15.4 Å². The molecule has 14 heavy (non-hydrogen) atoms. The second-order valence-electron chi connectivity index (χ2n) is 3.78. The summed E-state index contributed by atoms with van der Waals surface area (Å²) in [6.07, 6.45) is 2.11. The summed E-state index contributed by atoms with van der Waals surface area (Å²) in [5.74, 6) is 0.0483. The van der Waals surface area contributed by atoms with Crippen molar-refractivity contribution in [1.82, 2.24) is 4.90 Å². The first kappa shape index (κ1) is 11.5. The molecule has 4 nitrogen and oxygen atoms in total. The van der Waals surface area contributed by atoms with Crippen molar-refractivity contribution in [1.29, 1.82) is 0 Å². The Hall–Kier alpha value is -0.610. The molecular weight excluding hydrogens is 180 g/mol. The molecule has 1 aliphatic heterocycles. The van der Waals surface area contributed by atoms with E-state index in [1.165, 1.54) is 0 Å². The van der Waals surface area contributed by atoms with Crippen molar-refractivity contribution in [3.63, 3.8) is 0 Å². The largest absolute Gasteiger partial charge is 0.380 e. The van der Waals surface area contributed by atoms with Crippen molar-refractivity contribution >= 4 is 5.91 Å². The molecule has 0 aliphatic carbocycles. The van der Waals surface area contributed by atoms with Gasteiger partial charge in [-0.3, -0.25) is 4.79 Å². The van der Waals surface area contributed by atoms with E-state index in [-0.39, 0.29) is 11.9 Å². The normalized spacial score (nSPS) is 23.9. The van der Waals surface area contributed by atoms with Crippen LogP contribution in [0, 0.1) is 0 Å². The number of amides is 1. The molecular formula is C10H20N2O2. The third-order valence-electron chi connectivity index (χ3n) is 2.56. The maximum atomic E-state index is 11.7. The van der Waals surface area contributed by atoms with Crippen LogP contribution >= 0.6 is 0 Å². The molecule has 0 aromatic rings. The highest BCUT2D eigenvalue weighted by Gasteiger charge is 2.29. The smallest absolute Gasteiger partial charge is 0.239 e. The predicted octanol–water partition coefficient (Wildman–Crippen LogP) is 0.361. The molecule has 1 saturated heterocycles. The topological polar surface area (TPSA) is 55.6 Å². The van der Waals surface area contributed by atoms with E-state index in [0.717, 1.165) is 19.4 Å². The molecule has 1 fully saturated rings. The third-order valence-corrected chi connectivity index (χ3v) is 2.56. The van der Waals surface area contributed by atoms with E-state index in [0.29, 0.717) is 13.2 Å². The summed E-state index contributed by atoms with van der Waals surface area (Å²) in [4.78, 5) is 13.5. The van der Waals surface area contributed by atoms with Gasteiger partial charge in [0.1, 0.15) is 0 Å². The van der Waals surface area contributed by atoms with Crippen LogP contribution in [0.2, 0.25) is 0 Å². The number of hydrogen-bond donors (Lipinski definition) is 1. The molecule has 0 spiro atoms. The fourth-order valence-electron chi connectivity index (χ4n) is 1.81. The van der Waals surface area contributed by atoms with Gasteiger partial charge in [-0.1, -0.05) is 0 Å². The summed E-state index contributed by atoms with van der Waals surface area (Å²) < 4.78 is 5.34. The number of nitrogens with two attached hydrogens (primary N) is 1. The van der Waals surface area contributed by atoms with E-state index in [1.54, 1.807) is 6.92 Å². The number of carbonyl (C=O) groups excluding carboxylic acids is 1. The highest BCUT2D eigenvalue weighted by Crippen LogP contribution is 2.18. The van der Waals surface area contributed by atoms with Gasteiger partial charge in [0.05, 0.1) is 18.7 Å². The third kappa shape index (κ3) is 2.69. The standard InChI is InChI=1S/C10H20N2O2/c1-3-14-7-9-5-4-6-12(9)10(13)8(2)11/h8-9H,3-7,11H2,1-2H3/t8-,9+/m0/s1. The lowest BCUT2D eigenvalue weighted by molar-refractivity contribution is -0.134. The molecule has 0 saturated carbocycles. The maximum absolute atomic E-state index is 11.7. The Kier molecular flexibility index (Phi) is 4.35. The Labute approximate surface area is 85.4 Å². The van der Waals surface area contributed by atoms with Gasteiger partial charge in [-0.25, -0.2) is 0 Å². The minimum atomic E-state index is -0.391. The summed E-state index contributed by atoms with van der Waals surface area (Å²) in [5, 5.41) is 0. The molecule has 0 aromatic carbocycles. The van der Waals surface area contributed by atoms with Crippen molar-refractivity contribution < 1.29 is 9.53 Å². The molecule has 0 unspecified atom stereocenters. The maximum Gasteiger partial charge on any atom is 0.239 e. The number of ether oxygens (including phenoxy) is 1. The monoisotopic (exact) mass is 200 g/mol. The first-order chi connectivity index (χ1) is 6.66. The van der Waals surface area contributed by atoms with Crippen LogP contribution in [-0.4, -0.2) is 42.6 Å². The average molecular weight is 200 g/mol. The number of nitrogens with zero attached hydrogens (tertiary/aromatic N) is 1.